The van der Waals surface area contributed by atoms with Gasteiger partial charge in [0.15, 0.2) is 0 Å². The summed E-state index contributed by atoms with van der Waals surface area (Å²) in [5.74, 6) is 0.814. The van der Waals surface area contributed by atoms with E-state index in [1.165, 1.54) is 25.7 Å². The Bertz CT molecular complexity index is 194. The number of nitrogens with two attached hydrogens (primary N) is 1. The fraction of sp³-hybridized carbons (Fsp3) is 1.00. The molecule has 2 rings (SSSR count). The van der Waals surface area contributed by atoms with E-state index in [0.29, 0.717) is 6.10 Å². The predicted molar refractivity (Wildman–Crippen MR) is 61.8 cm³/mol. The van der Waals surface area contributed by atoms with Crippen LogP contribution in [0.15, 0.2) is 0 Å². The van der Waals surface area contributed by atoms with Crippen molar-refractivity contribution in [1.29, 1.82) is 0 Å². The quantitative estimate of drug-likeness (QED) is 0.697. The predicted octanol–water partition coefficient (Wildman–Crippen LogP) is 1.27. The van der Waals surface area contributed by atoms with Gasteiger partial charge in [0.1, 0.15) is 0 Å². The van der Waals surface area contributed by atoms with E-state index < -0.39 is 0 Å². The highest BCUT2D eigenvalue weighted by molar-refractivity contribution is 5.01. The molecule has 1 aliphatic heterocycles. The second-order valence-electron chi connectivity index (χ2n) is 5.00. The second kappa shape index (κ2) is 4.81. The molecule has 0 spiro atoms. The van der Waals surface area contributed by atoms with E-state index in [-0.39, 0.29) is 5.54 Å². The van der Waals surface area contributed by atoms with Crippen LogP contribution >= 0.6 is 0 Å². The van der Waals surface area contributed by atoms with Crippen molar-refractivity contribution < 1.29 is 4.74 Å². The topological polar surface area (TPSA) is 47.3 Å². The molecule has 1 saturated carbocycles. The smallest absolute Gasteiger partial charge is 0.0700 e. The fourth-order valence-electron chi connectivity index (χ4n) is 2.70. The SMILES string of the molecule is CCC(CN)(NCC1CCCO1)C1CC1. The van der Waals surface area contributed by atoms with E-state index in [1.54, 1.807) is 0 Å². The van der Waals surface area contributed by atoms with Crippen LogP contribution in [-0.4, -0.2) is 31.3 Å². The van der Waals surface area contributed by atoms with E-state index in [0.717, 1.165) is 32.0 Å². The normalized spacial score (nSPS) is 30.4. The highest BCUT2D eigenvalue weighted by Crippen LogP contribution is 2.41. The van der Waals surface area contributed by atoms with Crippen LogP contribution in [0.4, 0.5) is 0 Å². The molecule has 15 heavy (non-hydrogen) atoms. The zero-order valence-electron chi connectivity index (χ0n) is 9.80. The molecule has 2 fully saturated rings. The minimum atomic E-state index is 0.200. The van der Waals surface area contributed by atoms with Gasteiger partial charge in [-0.1, -0.05) is 6.92 Å². The van der Waals surface area contributed by atoms with Crippen LogP contribution in [0.2, 0.25) is 0 Å². The molecule has 0 radical (unpaired) electrons. The lowest BCUT2D eigenvalue weighted by molar-refractivity contribution is 0.0976. The summed E-state index contributed by atoms with van der Waals surface area (Å²) in [5.41, 5.74) is 6.14. The minimum absolute atomic E-state index is 0.200. The molecule has 1 heterocycles. The van der Waals surface area contributed by atoms with Gasteiger partial charge in [0.25, 0.3) is 0 Å². The van der Waals surface area contributed by atoms with Gasteiger partial charge in [0, 0.05) is 25.2 Å². The van der Waals surface area contributed by atoms with Crippen LogP contribution in [0, 0.1) is 5.92 Å². The Balaban J connectivity index is 1.82. The van der Waals surface area contributed by atoms with Crippen LogP contribution in [0.5, 0.6) is 0 Å². The van der Waals surface area contributed by atoms with Gasteiger partial charge >= 0.3 is 0 Å². The van der Waals surface area contributed by atoms with E-state index in [2.05, 4.69) is 12.2 Å². The Kier molecular flexibility index (Phi) is 3.65. The van der Waals surface area contributed by atoms with E-state index >= 15 is 0 Å². The Hall–Kier alpha value is -0.120. The zero-order chi connectivity index (χ0) is 10.7. The van der Waals surface area contributed by atoms with E-state index in [9.17, 15) is 0 Å². The van der Waals surface area contributed by atoms with Gasteiger partial charge in [-0.2, -0.15) is 0 Å². The van der Waals surface area contributed by atoms with Crippen LogP contribution in [0.3, 0.4) is 0 Å². The lowest BCUT2D eigenvalue weighted by Gasteiger charge is -2.34. The summed E-state index contributed by atoms with van der Waals surface area (Å²) in [6.45, 7) is 4.94. The standard InChI is InChI=1S/C12H24N2O/c1-2-12(9-13,10-5-6-10)14-8-11-4-3-7-15-11/h10-11,14H,2-9,13H2,1H3. The average molecular weight is 212 g/mol. The highest BCUT2D eigenvalue weighted by atomic mass is 16.5. The van der Waals surface area contributed by atoms with E-state index in [1.807, 2.05) is 0 Å². The van der Waals surface area contributed by atoms with Crippen molar-refractivity contribution in [2.75, 3.05) is 19.7 Å². The van der Waals surface area contributed by atoms with Crippen LogP contribution < -0.4 is 11.1 Å². The molecule has 3 N–H and O–H groups in total. The van der Waals surface area contributed by atoms with Gasteiger partial charge < -0.3 is 15.8 Å². The molecule has 2 atom stereocenters. The minimum Gasteiger partial charge on any atom is -0.377 e. The van der Waals surface area contributed by atoms with E-state index in [4.69, 9.17) is 10.5 Å². The maximum Gasteiger partial charge on any atom is 0.0700 e. The van der Waals surface area contributed by atoms with Crippen LogP contribution in [0.1, 0.15) is 39.0 Å². The molecule has 88 valence electrons. The second-order valence-corrected chi connectivity index (χ2v) is 5.00. The van der Waals surface area contributed by atoms with Gasteiger partial charge in [-0.05, 0) is 38.0 Å². The third kappa shape index (κ3) is 2.52. The van der Waals surface area contributed by atoms with Crippen molar-refractivity contribution in [2.45, 2.75) is 50.7 Å². The van der Waals surface area contributed by atoms with Crippen LogP contribution in [0.25, 0.3) is 0 Å². The van der Waals surface area contributed by atoms with Crippen molar-refractivity contribution in [3.8, 4) is 0 Å². The maximum absolute atomic E-state index is 5.94. The third-order valence-electron chi connectivity index (χ3n) is 4.06. The number of hydrogen-bond donors (Lipinski definition) is 2. The molecule has 0 aromatic rings. The number of hydrogen-bond acceptors (Lipinski definition) is 3. The summed E-state index contributed by atoms with van der Waals surface area (Å²) in [5, 5.41) is 3.69. The Labute approximate surface area is 92.7 Å². The molecule has 0 bridgehead atoms. The first kappa shape index (κ1) is 11.4. The van der Waals surface area contributed by atoms with Crippen molar-refractivity contribution in [3.05, 3.63) is 0 Å². The number of nitrogens with one attached hydrogen (secondary N) is 1. The molecule has 1 aliphatic carbocycles. The molecular weight excluding hydrogens is 188 g/mol. The molecule has 2 unspecified atom stereocenters. The van der Waals surface area contributed by atoms with Gasteiger partial charge in [-0.3, -0.25) is 0 Å². The van der Waals surface area contributed by atoms with Crippen molar-refractivity contribution in [3.63, 3.8) is 0 Å². The zero-order valence-corrected chi connectivity index (χ0v) is 9.80. The Morgan fingerprint density at radius 1 is 1.40 bits per heavy atom. The largest absolute Gasteiger partial charge is 0.377 e. The summed E-state index contributed by atoms with van der Waals surface area (Å²) >= 11 is 0. The van der Waals surface area contributed by atoms with Crippen molar-refractivity contribution in [2.24, 2.45) is 11.7 Å². The highest BCUT2D eigenvalue weighted by Gasteiger charge is 2.42. The summed E-state index contributed by atoms with van der Waals surface area (Å²) < 4.78 is 5.63. The molecule has 3 nitrogen and oxygen atoms in total. The summed E-state index contributed by atoms with van der Waals surface area (Å²) in [6.07, 6.45) is 6.70. The van der Waals surface area contributed by atoms with Gasteiger partial charge in [-0.25, -0.2) is 0 Å². The maximum atomic E-state index is 5.94. The van der Waals surface area contributed by atoms with Gasteiger partial charge in [-0.15, -0.1) is 0 Å². The molecule has 3 heteroatoms. The monoisotopic (exact) mass is 212 g/mol. The molecule has 0 amide bonds. The third-order valence-corrected chi connectivity index (χ3v) is 4.06. The summed E-state index contributed by atoms with van der Waals surface area (Å²) in [4.78, 5) is 0. The van der Waals surface area contributed by atoms with Crippen molar-refractivity contribution >= 4 is 0 Å². The van der Waals surface area contributed by atoms with Gasteiger partial charge in [0.05, 0.1) is 6.10 Å². The summed E-state index contributed by atoms with van der Waals surface area (Å²) in [7, 11) is 0. The van der Waals surface area contributed by atoms with Gasteiger partial charge in [0.2, 0.25) is 0 Å². The first-order valence-electron chi connectivity index (χ1n) is 6.37. The molecule has 2 aliphatic rings. The number of ether oxygens (including phenoxy) is 1. The first-order chi connectivity index (χ1) is 7.30. The first-order valence-corrected chi connectivity index (χ1v) is 6.37. The molecule has 1 saturated heterocycles. The molecular formula is C12H24N2O. The molecule has 0 aromatic carbocycles. The number of rotatable bonds is 6. The lowest BCUT2D eigenvalue weighted by atomic mass is 9.90. The fourth-order valence-corrected chi connectivity index (χ4v) is 2.70. The average Bonchev–Trinajstić information content (AvgIpc) is 2.99. The van der Waals surface area contributed by atoms with Crippen LogP contribution in [-0.2, 0) is 4.74 Å². The summed E-state index contributed by atoms with van der Waals surface area (Å²) in [6, 6.07) is 0. The molecule has 0 aromatic heterocycles. The van der Waals surface area contributed by atoms with Crippen molar-refractivity contribution in [1.82, 2.24) is 5.32 Å². The lowest BCUT2D eigenvalue weighted by Crippen LogP contribution is -2.54. The Morgan fingerprint density at radius 3 is 2.67 bits per heavy atom. The Morgan fingerprint density at radius 2 is 2.20 bits per heavy atom.